The van der Waals surface area contributed by atoms with Gasteiger partial charge in [0.25, 0.3) is 0 Å². The molecule has 0 fully saturated rings. The molecule has 0 bridgehead atoms. The van der Waals surface area contributed by atoms with Gasteiger partial charge >= 0.3 is 5.97 Å². The Morgan fingerprint density at radius 1 is 1.47 bits per heavy atom. The highest BCUT2D eigenvalue weighted by Crippen LogP contribution is 2.19. The van der Waals surface area contributed by atoms with Crippen LogP contribution in [-0.2, 0) is 4.74 Å². The Morgan fingerprint density at radius 3 is 3.00 bits per heavy atom. The molecule has 0 aliphatic carbocycles. The molecule has 0 atom stereocenters. The van der Waals surface area contributed by atoms with E-state index in [1.807, 2.05) is 6.08 Å². The van der Waals surface area contributed by atoms with E-state index in [0.717, 1.165) is 12.0 Å². The van der Waals surface area contributed by atoms with E-state index in [4.69, 9.17) is 9.84 Å². The minimum atomic E-state index is -1.04. The number of aromatic carboxylic acids is 1. The van der Waals surface area contributed by atoms with Gasteiger partial charge in [-0.3, -0.25) is 0 Å². The van der Waals surface area contributed by atoms with Crippen LogP contribution >= 0.6 is 0 Å². The lowest BCUT2D eigenvalue weighted by molar-refractivity contribution is 0.0690. The van der Waals surface area contributed by atoms with Crippen molar-refractivity contribution in [1.82, 2.24) is 9.97 Å². The van der Waals surface area contributed by atoms with Crippen molar-refractivity contribution in [3.63, 3.8) is 0 Å². The molecule has 0 unspecified atom stereocenters. The maximum atomic E-state index is 10.7. The summed E-state index contributed by atoms with van der Waals surface area (Å²) < 4.78 is 5.16. The summed E-state index contributed by atoms with van der Waals surface area (Å²) in [7, 11) is 0. The fraction of sp³-hybridized carbons (Fsp3) is 0.300. The molecule has 0 radical (unpaired) electrons. The lowest BCUT2D eigenvalue weighted by Crippen LogP contribution is -2.07. The average Bonchev–Trinajstić information content (AvgIpc) is 2.30. The van der Waals surface area contributed by atoms with E-state index in [2.05, 4.69) is 9.97 Å². The zero-order valence-electron chi connectivity index (χ0n) is 8.01. The maximum Gasteiger partial charge on any atom is 0.354 e. The van der Waals surface area contributed by atoms with E-state index in [9.17, 15) is 4.79 Å². The van der Waals surface area contributed by atoms with Crippen LogP contribution in [0.1, 0.15) is 22.6 Å². The molecule has 0 saturated heterocycles. The SMILES string of the molecule is O=C(O)c1cc(C2=CCOCC2)ncn1. The molecule has 5 heteroatoms. The molecule has 2 heterocycles. The number of ether oxygens (including phenoxy) is 1. The topological polar surface area (TPSA) is 72.3 Å². The van der Waals surface area contributed by atoms with Crippen molar-refractivity contribution in [2.24, 2.45) is 0 Å². The van der Waals surface area contributed by atoms with Gasteiger partial charge in [-0.2, -0.15) is 0 Å². The standard InChI is InChI=1S/C10H10N2O3/c13-10(14)9-5-8(11-6-12-9)7-1-3-15-4-2-7/h1,5-6H,2-4H2,(H,13,14). The first-order valence-corrected chi connectivity index (χ1v) is 4.60. The number of rotatable bonds is 2. The van der Waals surface area contributed by atoms with Crippen molar-refractivity contribution in [3.05, 3.63) is 29.9 Å². The number of hydrogen-bond donors (Lipinski definition) is 1. The highest BCUT2D eigenvalue weighted by molar-refractivity contribution is 5.86. The van der Waals surface area contributed by atoms with Crippen molar-refractivity contribution in [1.29, 1.82) is 0 Å². The molecule has 0 amide bonds. The normalized spacial score (nSPS) is 15.9. The number of carboxylic acid groups (broad SMARTS) is 1. The predicted octanol–water partition coefficient (Wildman–Crippen LogP) is 0.978. The van der Waals surface area contributed by atoms with Crippen LogP contribution < -0.4 is 0 Å². The third-order valence-corrected chi connectivity index (χ3v) is 2.18. The van der Waals surface area contributed by atoms with Crippen LogP contribution in [0.2, 0.25) is 0 Å². The molecule has 1 aromatic rings. The first kappa shape index (κ1) is 9.79. The summed E-state index contributed by atoms with van der Waals surface area (Å²) >= 11 is 0. The van der Waals surface area contributed by atoms with E-state index >= 15 is 0 Å². The summed E-state index contributed by atoms with van der Waals surface area (Å²) in [6, 6.07) is 1.49. The third kappa shape index (κ3) is 2.19. The lowest BCUT2D eigenvalue weighted by atomic mass is 10.1. The number of carbonyl (C=O) groups is 1. The van der Waals surface area contributed by atoms with Crippen molar-refractivity contribution in [2.45, 2.75) is 6.42 Å². The highest BCUT2D eigenvalue weighted by atomic mass is 16.5. The van der Waals surface area contributed by atoms with Gasteiger partial charge in [0, 0.05) is 0 Å². The largest absolute Gasteiger partial charge is 0.477 e. The first-order valence-electron chi connectivity index (χ1n) is 4.60. The van der Waals surface area contributed by atoms with E-state index in [1.165, 1.54) is 12.4 Å². The minimum absolute atomic E-state index is 0.0207. The Kier molecular flexibility index (Phi) is 2.73. The van der Waals surface area contributed by atoms with E-state index in [1.54, 1.807) is 0 Å². The van der Waals surface area contributed by atoms with Crippen molar-refractivity contribution >= 4 is 11.5 Å². The van der Waals surface area contributed by atoms with Crippen molar-refractivity contribution in [2.75, 3.05) is 13.2 Å². The summed E-state index contributed by atoms with van der Waals surface area (Å²) in [4.78, 5) is 18.4. The molecule has 0 spiro atoms. The van der Waals surface area contributed by atoms with Gasteiger partial charge in [-0.15, -0.1) is 0 Å². The Morgan fingerprint density at radius 2 is 2.33 bits per heavy atom. The second-order valence-electron chi connectivity index (χ2n) is 3.15. The summed E-state index contributed by atoms with van der Waals surface area (Å²) in [5, 5.41) is 8.77. The number of nitrogens with zero attached hydrogens (tertiary/aromatic N) is 2. The van der Waals surface area contributed by atoms with Gasteiger partial charge in [0.1, 0.15) is 6.33 Å². The second kappa shape index (κ2) is 4.18. The quantitative estimate of drug-likeness (QED) is 0.780. The molecule has 0 saturated carbocycles. The van der Waals surface area contributed by atoms with Gasteiger partial charge in [0.05, 0.1) is 18.9 Å². The Labute approximate surface area is 86.4 Å². The number of carboxylic acids is 1. The van der Waals surface area contributed by atoms with Crippen LogP contribution in [0.15, 0.2) is 18.5 Å². The van der Waals surface area contributed by atoms with Crippen LogP contribution in [0.3, 0.4) is 0 Å². The summed E-state index contributed by atoms with van der Waals surface area (Å²) in [5.41, 5.74) is 1.71. The molecule has 78 valence electrons. The van der Waals surface area contributed by atoms with Crippen molar-refractivity contribution in [3.8, 4) is 0 Å². The molecular formula is C10H10N2O3. The van der Waals surface area contributed by atoms with Gasteiger partial charge < -0.3 is 9.84 Å². The van der Waals surface area contributed by atoms with Crippen LogP contribution in [0.5, 0.6) is 0 Å². The molecule has 5 nitrogen and oxygen atoms in total. The third-order valence-electron chi connectivity index (χ3n) is 2.18. The molecule has 1 aliphatic heterocycles. The van der Waals surface area contributed by atoms with Crippen LogP contribution in [0, 0.1) is 0 Å². The highest BCUT2D eigenvalue weighted by Gasteiger charge is 2.11. The minimum Gasteiger partial charge on any atom is -0.477 e. The zero-order valence-corrected chi connectivity index (χ0v) is 8.01. The summed E-state index contributed by atoms with van der Waals surface area (Å²) in [6.45, 7) is 1.21. The fourth-order valence-electron chi connectivity index (χ4n) is 1.41. The molecule has 1 aromatic heterocycles. The Hall–Kier alpha value is -1.75. The smallest absolute Gasteiger partial charge is 0.354 e. The maximum absolute atomic E-state index is 10.7. The van der Waals surface area contributed by atoms with Crippen LogP contribution in [0.25, 0.3) is 5.57 Å². The number of aromatic nitrogens is 2. The van der Waals surface area contributed by atoms with Crippen LogP contribution in [-0.4, -0.2) is 34.3 Å². The summed E-state index contributed by atoms with van der Waals surface area (Å²) in [5.74, 6) is -1.04. The predicted molar refractivity (Wildman–Crippen MR) is 52.4 cm³/mol. The summed E-state index contributed by atoms with van der Waals surface area (Å²) in [6.07, 6.45) is 3.95. The van der Waals surface area contributed by atoms with Gasteiger partial charge in [0.2, 0.25) is 0 Å². The van der Waals surface area contributed by atoms with Crippen LogP contribution in [0.4, 0.5) is 0 Å². The van der Waals surface area contributed by atoms with Gasteiger partial charge in [-0.25, -0.2) is 14.8 Å². The van der Waals surface area contributed by atoms with E-state index in [0.29, 0.717) is 18.9 Å². The van der Waals surface area contributed by atoms with Crippen molar-refractivity contribution < 1.29 is 14.6 Å². The molecule has 15 heavy (non-hydrogen) atoms. The Balaban J connectivity index is 2.31. The second-order valence-corrected chi connectivity index (χ2v) is 3.15. The molecule has 0 aromatic carbocycles. The number of hydrogen-bond acceptors (Lipinski definition) is 4. The average molecular weight is 206 g/mol. The van der Waals surface area contributed by atoms with Gasteiger partial charge in [-0.1, -0.05) is 6.08 Å². The van der Waals surface area contributed by atoms with Gasteiger partial charge in [0.15, 0.2) is 5.69 Å². The van der Waals surface area contributed by atoms with Gasteiger partial charge in [-0.05, 0) is 18.1 Å². The monoisotopic (exact) mass is 206 g/mol. The zero-order chi connectivity index (χ0) is 10.7. The molecule has 2 rings (SSSR count). The van der Waals surface area contributed by atoms with E-state index < -0.39 is 5.97 Å². The van der Waals surface area contributed by atoms with E-state index in [-0.39, 0.29) is 5.69 Å². The molecule has 1 aliphatic rings. The fourth-order valence-corrected chi connectivity index (χ4v) is 1.41. The lowest BCUT2D eigenvalue weighted by Gasteiger charge is -2.12. The molecule has 1 N–H and O–H groups in total. The first-order chi connectivity index (χ1) is 7.27. The molecular weight excluding hydrogens is 196 g/mol. The Bertz CT molecular complexity index is 415.